The molecule has 0 radical (unpaired) electrons. The molecule has 0 spiro atoms. The molecule has 0 aliphatic heterocycles. The van der Waals surface area contributed by atoms with E-state index >= 15 is 0 Å². The third-order valence-corrected chi connectivity index (χ3v) is 3.31. The molecule has 0 saturated heterocycles. The van der Waals surface area contributed by atoms with Gasteiger partial charge in [-0.15, -0.1) is 0 Å². The average Bonchev–Trinajstić information content (AvgIpc) is 2.84. The molecule has 1 fully saturated rings. The quantitative estimate of drug-likeness (QED) is 0.531. The zero-order valence-electron chi connectivity index (χ0n) is 11.2. The van der Waals surface area contributed by atoms with Crippen molar-refractivity contribution in [3.8, 4) is 0 Å². The highest BCUT2D eigenvalue weighted by Gasteiger charge is 2.33. The molecule has 6 nitrogen and oxygen atoms in total. The molecular weight excluding hydrogens is 250 g/mol. The first-order valence-corrected chi connectivity index (χ1v) is 6.70. The summed E-state index contributed by atoms with van der Waals surface area (Å²) in [4.78, 5) is 33.6. The predicted octanol–water partition coefficient (Wildman–Crippen LogP) is 0.947. The van der Waals surface area contributed by atoms with Crippen molar-refractivity contribution in [2.24, 2.45) is 11.8 Å². The second kappa shape index (κ2) is 7.76. The van der Waals surface area contributed by atoms with Crippen LogP contribution >= 0.6 is 0 Å². The Labute approximate surface area is 112 Å². The van der Waals surface area contributed by atoms with Crippen LogP contribution in [0.2, 0.25) is 0 Å². The number of amides is 1. The van der Waals surface area contributed by atoms with Crippen LogP contribution in [-0.2, 0) is 19.1 Å². The lowest BCUT2D eigenvalue weighted by Gasteiger charge is -2.10. The Morgan fingerprint density at radius 1 is 1.26 bits per heavy atom. The molecule has 0 unspecified atom stereocenters. The number of nitrogens with one attached hydrogen (secondary N) is 1. The molecule has 2 N–H and O–H groups in total. The Morgan fingerprint density at radius 3 is 2.53 bits per heavy atom. The van der Waals surface area contributed by atoms with E-state index in [2.05, 4.69) is 5.32 Å². The molecule has 19 heavy (non-hydrogen) atoms. The number of ether oxygens (including phenoxy) is 1. The largest absolute Gasteiger partial charge is 0.481 e. The van der Waals surface area contributed by atoms with E-state index in [1.165, 1.54) is 0 Å². The monoisotopic (exact) mass is 271 g/mol. The maximum Gasteiger partial charge on any atom is 0.306 e. The van der Waals surface area contributed by atoms with E-state index in [-0.39, 0.29) is 24.2 Å². The van der Waals surface area contributed by atoms with Gasteiger partial charge < -0.3 is 15.2 Å². The summed E-state index contributed by atoms with van der Waals surface area (Å²) in [5.41, 5.74) is 0. The number of carboxylic acid groups (broad SMARTS) is 1. The van der Waals surface area contributed by atoms with E-state index in [4.69, 9.17) is 9.84 Å². The van der Waals surface area contributed by atoms with E-state index in [1.807, 2.05) is 0 Å². The summed E-state index contributed by atoms with van der Waals surface area (Å²) < 4.78 is 4.77. The van der Waals surface area contributed by atoms with Gasteiger partial charge in [-0.2, -0.15) is 0 Å². The van der Waals surface area contributed by atoms with Gasteiger partial charge in [0.2, 0.25) is 5.91 Å². The van der Waals surface area contributed by atoms with Gasteiger partial charge in [0, 0.05) is 18.9 Å². The van der Waals surface area contributed by atoms with Crippen molar-refractivity contribution in [2.75, 3.05) is 13.2 Å². The highest BCUT2D eigenvalue weighted by molar-refractivity contribution is 5.80. The highest BCUT2D eigenvalue weighted by Crippen LogP contribution is 2.30. The zero-order valence-corrected chi connectivity index (χ0v) is 11.2. The van der Waals surface area contributed by atoms with E-state index < -0.39 is 11.9 Å². The van der Waals surface area contributed by atoms with Gasteiger partial charge in [-0.3, -0.25) is 14.4 Å². The van der Waals surface area contributed by atoms with Gasteiger partial charge in [0.05, 0.1) is 12.5 Å². The minimum absolute atomic E-state index is 0.104. The normalized spacial score (nSPS) is 21.9. The lowest BCUT2D eigenvalue weighted by Crippen LogP contribution is -2.30. The Balaban J connectivity index is 2.15. The fourth-order valence-corrected chi connectivity index (χ4v) is 2.27. The molecule has 108 valence electrons. The molecule has 1 rings (SSSR count). The Morgan fingerprint density at radius 2 is 1.95 bits per heavy atom. The van der Waals surface area contributed by atoms with Gasteiger partial charge in [0.1, 0.15) is 0 Å². The number of carbonyl (C=O) groups excluding carboxylic acids is 2. The molecule has 0 heterocycles. The number of hydrogen-bond donors (Lipinski definition) is 2. The molecule has 1 amide bonds. The Kier molecular flexibility index (Phi) is 6.32. The van der Waals surface area contributed by atoms with Crippen molar-refractivity contribution in [2.45, 2.75) is 39.0 Å². The van der Waals surface area contributed by atoms with Crippen molar-refractivity contribution in [3.63, 3.8) is 0 Å². The smallest absolute Gasteiger partial charge is 0.306 e. The molecule has 6 heteroatoms. The predicted molar refractivity (Wildman–Crippen MR) is 67.3 cm³/mol. The van der Waals surface area contributed by atoms with Gasteiger partial charge in [-0.05, 0) is 32.6 Å². The molecule has 1 aliphatic carbocycles. The number of hydrogen-bond acceptors (Lipinski definition) is 4. The van der Waals surface area contributed by atoms with Crippen LogP contribution in [0.3, 0.4) is 0 Å². The second-order valence-electron chi connectivity index (χ2n) is 4.74. The van der Waals surface area contributed by atoms with Gasteiger partial charge in [0.15, 0.2) is 0 Å². The van der Waals surface area contributed by atoms with Gasteiger partial charge >= 0.3 is 11.9 Å². The standard InChI is InChI=1S/C13H21NO5/c1-2-19-11(15)4-3-7-14-12(16)9-5-6-10(8-9)13(17)18/h9-10H,2-8H2,1H3,(H,14,16)(H,17,18)/t9-,10+/m1/s1. The Bertz CT molecular complexity index is 342. The van der Waals surface area contributed by atoms with Gasteiger partial charge in [0.25, 0.3) is 0 Å². The zero-order chi connectivity index (χ0) is 14.3. The lowest BCUT2D eigenvalue weighted by atomic mass is 10.0. The van der Waals surface area contributed by atoms with Crippen molar-refractivity contribution >= 4 is 17.8 Å². The van der Waals surface area contributed by atoms with Crippen LogP contribution in [0, 0.1) is 11.8 Å². The van der Waals surface area contributed by atoms with Crippen LogP contribution in [0.15, 0.2) is 0 Å². The lowest BCUT2D eigenvalue weighted by molar-refractivity contribution is -0.143. The van der Waals surface area contributed by atoms with Crippen molar-refractivity contribution in [1.29, 1.82) is 0 Å². The number of carbonyl (C=O) groups is 3. The maximum absolute atomic E-state index is 11.8. The summed E-state index contributed by atoms with van der Waals surface area (Å²) in [6, 6.07) is 0. The fraction of sp³-hybridized carbons (Fsp3) is 0.769. The first-order chi connectivity index (χ1) is 9.04. The number of esters is 1. The van der Waals surface area contributed by atoms with Gasteiger partial charge in [-0.25, -0.2) is 0 Å². The summed E-state index contributed by atoms with van der Waals surface area (Å²) in [6.07, 6.45) is 2.44. The van der Waals surface area contributed by atoms with Crippen LogP contribution in [0.1, 0.15) is 39.0 Å². The molecule has 0 aromatic heterocycles. The number of aliphatic carboxylic acids is 1. The number of carboxylic acids is 1. The van der Waals surface area contributed by atoms with Crippen LogP contribution in [0.5, 0.6) is 0 Å². The summed E-state index contributed by atoms with van der Waals surface area (Å²) in [5.74, 6) is -1.78. The molecule has 2 atom stereocenters. The third kappa shape index (κ3) is 5.28. The third-order valence-electron chi connectivity index (χ3n) is 3.31. The van der Waals surface area contributed by atoms with Crippen molar-refractivity contribution < 1.29 is 24.2 Å². The van der Waals surface area contributed by atoms with E-state index in [1.54, 1.807) is 6.92 Å². The van der Waals surface area contributed by atoms with E-state index in [0.717, 1.165) is 0 Å². The highest BCUT2D eigenvalue weighted by atomic mass is 16.5. The SMILES string of the molecule is CCOC(=O)CCCNC(=O)[C@@H]1CC[C@H](C(=O)O)C1. The van der Waals surface area contributed by atoms with Crippen LogP contribution in [-0.4, -0.2) is 36.1 Å². The minimum atomic E-state index is -0.822. The molecule has 1 aliphatic rings. The Hall–Kier alpha value is -1.59. The van der Waals surface area contributed by atoms with Crippen molar-refractivity contribution in [1.82, 2.24) is 5.32 Å². The molecule has 1 saturated carbocycles. The maximum atomic E-state index is 11.8. The summed E-state index contributed by atoms with van der Waals surface area (Å²) in [7, 11) is 0. The van der Waals surface area contributed by atoms with Crippen LogP contribution < -0.4 is 5.32 Å². The first-order valence-electron chi connectivity index (χ1n) is 6.70. The van der Waals surface area contributed by atoms with Crippen LogP contribution in [0.4, 0.5) is 0 Å². The van der Waals surface area contributed by atoms with Crippen LogP contribution in [0.25, 0.3) is 0 Å². The summed E-state index contributed by atoms with van der Waals surface area (Å²) in [5, 5.41) is 11.6. The molecule has 0 aromatic carbocycles. The number of rotatable bonds is 7. The van der Waals surface area contributed by atoms with Gasteiger partial charge in [-0.1, -0.05) is 0 Å². The second-order valence-corrected chi connectivity index (χ2v) is 4.74. The average molecular weight is 271 g/mol. The fourth-order valence-electron chi connectivity index (χ4n) is 2.27. The molecule has 0 aromatic rings. The first kappa shape index (κ1) is 15.5. The van der Waals surface area contributed by atoms with E-state index in [9.17, 15) is 14.4 Å². The summed E-state index contributed by atoms with van der Waals surface area (Å²) in [6.45, 7) is 2.54. The molecular formula is C13H21NO5. The topological polar surface area (TPSA) is 92.7 Å². The summed E-state index contributed by atoms with van der Waals surface area (Å²) >= 11 is 0. The molecule has 0 bridgehead atoms. The minimum Gasteiger partial charge on any atom is -0.481 e. The van der Waals surface area contributed by atoms with Crippen molar-refractivity contribution in [3.05, 3.63) is 0 Å². The van der Waals surface area contributed by atoms with E-state index in [0.29, 0.717) is 38.8 Å².